The molecule has 1 saturated heterocycles. The Morgan fingerprint density at radius 2 is 1.97 bits per heavy atom. The van der Waals surface area contributed by atoms with Crippen LogP contribution in [0, 0.1) is 17.6 Å². The number of nitrogens with zero attached hydrogens (tertiary/aromatic N) is 5. The zero-order valence-electron chi connectivity index (χ0n) is 18.2. The maximum absolute atomic E-state index is 14.9. The lowest BCUT2D eigenvalue weighted by atomic mass is 9.90. The van der Waals surface area contributed by atoms with Crippen LogP contribution >= 0.6 is 11.6 Å². The highest BCUT2D eigenvalue weighted by Gasteiger charge is 2.36. The molecule has 34 heavy (non-hydrogen) atoms. The van der Waals surface area contributed by atoms with E-state index in [2.05, 4.69) is 20.5 Å². The first-order chi connectivity index (χ1) is 16.4. The fourth-order valence-corrected chi connectivity index (χ4v) is 4.56. The lowest BCUT2D eigenvalue weighted by Crippen LogP contribution is -2.51. The van der Waals surface area contributed by atoms with E-state index in [1.807, 2.05) is 6.92 Å². The van der Waals surface area contributed by atoms with Crippen molar-refractivity contribution in [3.05, 3.63) is 64.9 Å². The van der Waals surface area contributed by atoms with E-state index in [0.29, 0.717) is 35.2 Å². The maximum Gasteiger partial charge on any atom is 0.295 e. The molecule has 0 aliphatic carbocycles. The molecule has 2 atom stereocenters. The number of benzene rings is 2. The predicted molar refractivity (Wildman–Crippen MR) is 122 cm³/mol. The number of nitrogens with one attached hydrogen (secondary N) is 1. The van der Waals surface area contributed by atoms with E-state index in [9.17, 15) is 13.6 Å². The van der Waals surface area contributed by atoms with Gasteiger partial charge in [0.05, 0.1) is 18.4 Å². The predicted octanol–water partition coefficient (Wildman–Crippen LogP) is 4.69. The van der Waals surface area contributed by atoms with Gasteiger partial charge >= 0.3 is 0 Å². The van der Waals surface area contributed by atoms with Crippen LogP contribution in [0.15, 0.2) is 47.1 Å². The van der Waals surface area contributed by atoms with Crippen LogP contribution in [0.2, 0.25) is 5.02 Å². The molecular weight excluding hydrogens is 466 g/mol. The number of hydrogen-bond acceptors (Lipinski definition) is 6. The molecule has 8 nitrogen and oxygen atoms in total. The number of rotatable bonds is 5. The Hall–Kier alpha value is -3.53. The van der Waals surface area contributed by atoms with Crippen molar-refractivity contribution < 1.29 is 18.0 Å². The summed E-state index contributed by atoms with van der Waals surface area (Å²) < 4.78 is 35.4. The number of carbonyl (C=O) groups excluding carboxylic acids is 1. The highest BCUT2D eigenvalue weighted by Crippen LogP contribution is 2.30. The Bertz CT molecular complexity index is 1340. The van der Waals surface area contributed by atoms with Gasteiger partial charge in [0.25, 0.3) is 11.9 Å². The number of aromatic nitrogens is 4. The summed E-state index contributed by atoms with van der Waals surface area (Å²) in [6.45, 7) is 2.75. The minimum atomic E-state index is -0.834. The SMILES string of the molecule is CC1CCCN(C(=O)c2c(F)ccc(F)c2-n2nccn2)C1CNc1nc2ccc(Cl)cc2o1. The maximum atomic E-state index is 14.9. The fourth-order valence-electron chi connectivity index (χ4n) is 4.39. The molecule has 0 bridgehead atoms. The van der Waals surface area contributed by atoms with Crippen LogP contribution in [0.5, 0.6) is 0 Å². The molecule has 2 aromatic carbocycles. The smallest absolute Gasteiger partial charge is 0.295 e. The second-order valence-electron chi connectivity index (χ2n) is 8.27. The normalized spacial score (nSPS) is 18.4. The first-order valence-corrected chi connectivity index (χ1v) is 11.3. The van der Waals surface area contributed by atoms with Crippen LogP contribution in [0.4, 0.5) is 14.8 Å². The van der Waals surface area contributed by atoms with Crippen molar-refractivity contribution >= 4 is 34.6 Å². The van der Waals surface area contributed by atoms with Crippen LogP contribution in [-0.4, -0.2) is 49.9 Å². The minimum absolute atomic E-state index is 0.104. The van der Waals surface area contributed by atoms with Gasteiger partial charge in [0.15, 0.2) is 11.4 Å². The van der Waals surface area contributed by atoms with Gasteiger partial charge in [-0.25, -0.2) is 8.78 Å². The van der Waals surface area contributed by atoms with Crippen LogP contribution < -0.4 is 5.32 Å². The molecule has 0 radical (unpaired) electrons. The first kappa shape index (κ1) is 22.3. The van der Waals surface area contributed by atoms with Crippen molar-refractivity contribution in [2.24, 2.45) is 5.92 Å². The zero-order valence-corrected chi connectivity index (χ0v) is 19.0. The molecule has 4 aromatic rings. The van der Waals surface area contributed by atoms with Crippen LogP contribution in [0.25, 0.3) is 16.8 Å². The molecule has 0 saturated carbocycles. The molecule has 1 N–H and O–H groups in total. The average molecular weight is 487 g/mol. The molecule has 1 amide bonds. The number of oxazole rings is 1. The van der Waals surface area contributed by atoms with Gasteiger partial charge in [0.2, 0.25) is 0 Å². The number of piperidine rings is 1. The van der Waals surface area contributed by atoms with Crippen LogP contribution in [0.1, 0.15) is 30.1 Å². The second-order valence-corrected chi connectivity index (χ2v) is 8.71. The second kappa shape index (κ2) is 9.02. The zero-order chi connectivity index (χ0) is 23.8. The molecule has 0 spiro atoms. The molecule has 11 heteroatoms. The number of fused-ring (bicyclic) bond motifs is 1. The Morgan fingerprint density at radius 3 is 2.76 bits per heavy atom. The summed E-state index contributed by atoms with van der Waals surface area (Å²) in [4.78, 5) is 20.5. The minimum Gasteiger partial charge on any atom is -0.424 e. The van der Waals surface area contributed by atoms with Gasteiger partial charge < -0.3 is 14.6 Å². The van der Waals surface area contributed by atoms with Gasteiger partial charge in [-0.1, -0.05) is 18.5 Å². The standard InChI is InChI=1S/C23H21ClF2N6O2/c1-13-3-2-10-31(18(13)12-27-23-30-17-7-4-14(24)11-19(17)34-23)22(33)20-15(25)5-6-16(26)21(20)32-28-8-9-29-32/h4-9,11,13,18H,2-3,10,12H2,1H3,(H,27,30). The molecule has 3 heterocycles. The Morgan fingerprint density at radius 1 is 1.21 bits per heavy atom. The van der Waals surface area contributed by atoms with Crippen molar-refractivity contribution in [1.82, 2.24) is 24.9 Å². The van der Waals surface area contributed by atoms with Gasteiger partial charge in [-0.3, -0.25) is 4.79 Å². The summed E-state index contributed by atoms with van der Waals surface area (Å²) >= 11 is 6.01. The van der Waals surface area contributed by atoms with Crippen molar-refractivity contribution in [3.8, 4) is 5.69 Å². The van der Waals surface area contributed by atoms with Gasteiger partial charge in [-0.15, -0.1) is 4.80 Å². The number of halogens is 3. The highest BCUT2D eigenvalue weighted by atomic mass is 35.5. The Balaban J connectivity index is 1.44. The molecule has 5 rings (SSSR count). The third-order valence-corrected chi connectivity index (χ3v) is 6.33. The lowest BCUT2D eigenvalue weighted by Gasteiger charge is -2.40. The highest BCUT2D eigenvalue weighted by molar-refractivity contribution is 6.31. The van der Waals surface area contributed by atoms with E-state index in [1.54, 1.807) is 23.1 Å². The van der Waals surface area contributed by atoms with Crippen molar-refractivity contribution in [1.29, 1.82) is 0 Å². The number of amides is 1. The Kier molecular flexibility index (Phi) is 5.91. The molecule has 1 fully saturated rings. The average Bonchev–Trinajstić information content (AvgIpc) is 3.48. The van der Waals surface area contributed by atoms with Gasteiger partial charge in [-0.05, 0) is 43.0 Å². The summed E-state index contributed by atoms with van der Waals surface area (Å²) in [6.07, 6.45) is 4.30. The summed E-state index contributed by atoms with van der Waals surface area (Å²) in [5.74, 6) is -2.13. The quantitative estimate of drug-likeness (QED) is 0.440. The van der Waals surface area contributed by atoms with E-state index < -0.39 is 23.1 Å². The van der Waals surface area contributed by atoms with Gasteiger partial charge in [0, 0.05) is 24.2 Å². The third kappa shape index (κ3) is 4.09. The summed E-state index contributed by atoms with van der Waals surface area (Å²) in [6, 6.07) is 7.04. The fraction of sp³-hybridized carbons (Fsp3) is 0.304. The van der Waals surface area contributed by atoms with Crippen molar-refractivity contribution in [2.75, 3.05) is 18.4 Å². The first-order valence-electron chi connectivity index (χ1n) is 10.9. The van der Waals surface area contributed by atoms with Gasteiger partial charge in [0.1, 0.15) is 22.6 Å². The number of likely N-dealkylation sites (tertiary alicyclic amines) is 1. The van der Waals surface area contributed by atoms with E-state index in [0.717, 1.165) is 29.8 Å². The van der Waals surface area contributed by atoms with Crippen LogP contribution in [-0.2, 0) is 0 Å². The van der Waals surface area contributed by atoms with E-state index >= 15 is 0 Å². The van der Waals surface area contributed by atoms with Gasteiger partial charge in [-0.2, -0.15) is 15.2 Å². The summed E-state index contributed by atoms with van der Waals surface area (Å²) in [7, 11) is 0. The number of hydrogen-bond donors (Lipinski definition) is 1. The molecule has 2 aromatic heterocycles. The number of carbonyl (C=O) groups is 1. The summed E-state index contributed by atoms with van der Waals surface area (Å²) in [5.41, 5.74) is 0.482. The molecule has 1 aliphatic heterocycles. The Labute approximate surface area is 198 Å². The monoisotopic (exact) mass is 486 g/mol. The van der Waals surface area contributed by atoms with Crippen molar-refractivity contribution in [3.63, 3.8) is 0 Å². The molecule has 2 unspecified atom stereocenters. The molecule has 176 valence electrons. The largest absolute Gasteiger partial charge is 0.424 e. The third-order valence-electron chi connectivity index (χ3n) is 6.10. The molecule has 1 aliphatic rings. The van der Waals surface area contributed by atoms with E-state index in [4.69, 9.17) is 16.0 Å². The topological polar surface area (TPSA) is 89.1 Å². The van der Waals surface area contributed by atoms with E-state index in [-0.39, 0.29) is 17.6 Å². The van der Waals surface area contributed by atoms with Crippen molar-refractivity contribution in [2.45, 2.75) is 25.8 Å². The van der Waals surface area contributed by atoms with Crippen LogP contribution in [0.3, 0.4) is 0 Å². The summed E-state index contributed by atoms with van der Waals surface area (Å²) in [5, 5.41) is 11.5. The van der Waals surface area contributed by atoms with E-state index in [1.165, 1.54) is 12.4 Å². The number of anilines is 1. The molecular formula is C23H21ClF2N6O2. The lowest BCUT2D eigenvalue weighted by molar-refractivity contribution is 0.0533.